The van der Waals surface area contributed by atoms with Crippen molar-refractivity contribution in [2.45, 2.75) is 32.7 Å². The van der Waals surface area contributed by atoms with Gasteiger partial charge in [0.15, 0.2) is 0 Å². The summed E-state index contributed by atoms with van der Waals surface area (Å²) < 4.78 is 1.06. The first-order valence-electron chi connectivity index (χ1n) is 7.32. The van der Waals surface area contributed by atoms with E-state index >= 15 is 0 Å². The number of hydrogen-bond donors (Lipinski definition) is 1. The van der Waals surface area contributed by atoms with E-state index in [0.717, 1.165) is 22.0 Å². The molecule has 0 atom stereocenters. The van der Waals surface area contributed by atoms with Gasteiger partial charge in [0.1, 0.15) is 0 Å². The van der Waals surface area contributed by atoms with Crippen LogP contribution < -0.4 is 5.32 Å². The molecule has 0 aliphatic carbocycles. The van der Waals surface area contributed by atoms with E-state index in [9.17, 15) is 9.59 Å². The normalized spacial score (nSPS) is 16.1. The van der Waals surface area contributed by atoms with Crippen LogP contribution in [0.5, 0.6) is 0 Å². The van der Waals surface area contributed by atoms with Crippen molar-refractivity contribution in [3.8, 4) is 0 Å². The molecular formula is C16H21IN2O2. The van der Waals surface area contributed by atoms with Crippen molar-refractivity contribution in [2.24, 2.45) is 5.92 Å². The molecule has 1 aromatic carbocycles. The van der Waals surface area contributed by atoms with Crippen molar-refractivity contribution in [1.82, 2.24) is 10.2 Å². The minimum absolute atomic E-state index is 0.0346. The Balaban J connectivity index is 1.92. The monoisotopic (exact) mass is 400 g/mol. The van der Waals surface area contributed by atoms with E-state index in [4.69, 9.17) is 0 Å². The molecular weight excluding hydrogens is 379 g/mol. The van der Waals surface area contributed by atoms with Crippen LogP contribution in [-0.2, 0) is 4.79 Å². The van der Waals surface area contributed by atoms with Gasteiger partial charge in [-0.05, 0) is 67.5 Å². The fourth-order valence-corrected chi connectivity index (χ4v) is 3.09. The quantitative estimate of drug-likeness (QED) is 0.794. The highest BCUT2D eigenvalue weighted by atomic mass is 127. The Morgan fingerprint density at radius 2 is 1.95 bits per heavy atom. The topological polar surface area (TPSA) is 49.4 Å². The smallest absolute Gasteiger partial charge is 0.253 e. The molecule has 1 aromatic rings. The highest BCUT2D eigenvalue weighted by molar-refractivity contribution is 14.1. The first-order chi connectivity index (χ1) is 9.97. The first kappa shape index (κ1) is 16.3. The Bertz CT molecular complexity index is 523. The van der Waals surface area contributed by atoms with E-state index in [1.54, 1.807) is 0 Å². The summed E-state index contributed by atoms with van der Waals surface area (Å²) >= 11 is 2.21. The maximum atomic E-state index is 12.4. The highest BCUT2D eigenvalue weighted by Crippen LogP contribution is 2.20. The molecule has 0 unspecified atom stereocenters. The lowest BCUT2D eigenvalue weighted by Crippen LogP contribution is -2.44. The van der Waals surface area contributed by atoms with Crippen LogP contribution in [0.3, 0.4) is 0 Å². The fourth-order valence-electron chi connectivity index (χ4n) is 2.55. The SMILES string of the molecule is CC(C)NC(=O)C1CCN(C(=O)c2cccc(I)c2)CC1. The Morgan fingerprint density at radius 3 is 2.52 bits per heavy atom. The lowest BCUT2D eigenvalue weighted by Gasteiger charge is -2.31. The molecule has 4 nitrogen and oxygen atoms in total. The molecule has 0 spiro atoms. The Labute approximate surface area is 139 Å². The number of likely N-dealkylation sites (tertiary alicyclic amines) is 1. The average molecular weight is 400 g/mol. The summed E-state index contributed by atoms with van der Waals surface area (Å²) in [6.45, 7) is 5.24. The summed E-state index contributed by atoms with van der Waals surface area (Å²) in [6, 6.07) is 7.80. The van der Waals surface area contributed by atoms with Gasteiger partial charge in [0.05, 0.1) is 0 Å². The predicted octanol–water partition coefficient (Wildman–Crippen LogP) is 2.67. The number of piperidine rings is 1. The number of halogens is 1. The molecule has 0 aromatic heterocycles. The molecule has 1 aliphatic rings. The van der Waals surface area contributed by atoms with Gasteiger partial charge in [0, 0.05) is 34.2 Å². The second-order valence-electron chi connectivity index (χ2n) is 5.74. The zero-order valence-electron chi connectivity index (χ0n) is 12.4. The predicted molar refractivity (Wildman–Crippen MR) is 91.1 cm³/mol. The number of amides is 2. The molecule has 1 saturated heterocycles. The molecule has 5 heteroatoms. The summed E-state index contributed by atoms with van der Waals surface area (Å²) in [5.41, 5.74) is 0.729. The van der Waals surface area contributed by atoms with Crippen LogP contribution in [0.1, 0.15) is 37.0 Å². The van der Waals surface area contributed by atoms with Gasteiger partial charge in [-0.15, -0.1) is 0 Å². The highest BCUT2D eigenvalue weighted by Gasteiger charge is 2.27. The molecule has 0 bridgehead atoms. The Morgan fingerprint density at radius 1 is 1.29 bits per heavy atom. The second-order valence-corrected chi connectivity index (χ2v) is 6.99. The van der Waals surface area contributed by atoms with Crippen molar-refractivity contribution in [3.05, 3.63) is 33.4 Å². The van der Waals surface area contributed by atoms with Gasteiger partial charge in [-0.2, -0.15) is 0 Å². The van der Waals surface area contributed by atoms with Gasteiger partial charge in [-0.3, -0.25) is 9.59 Å². The van der Waals surface area contributed by atoms with Crippen LogP contribution in [0.4, 0.5) is 0 Å². The lowest BCUT2D eigenvalue weighted by atomic mass is 9.95. The van der Waals surface area contributed by atoms with Crippen LogP contribution in [0.2, 0.25) is 0 Å². The van der Waals surface area contributed by atoms with E-state index < -0.39 is 0 Å². The zero-order chi connectivity index (χ0) is 15.4. The maximum Gasteiger partial charge on any atom is 0.253 e. The third-order valence-corrected chi connectivity index (χ3v) is 4.33. The van der Waals surface area contributed by atoms with Crippen LogP contribution >= 0.6 is 22.6 Å². The molecule has 114 valence electrons. The third kappa shape index (κ3) is 4.43. The van der Waals surface area contributed by atoms with E-state index in [-0.39, 0.29) is 23.8 Å². The maximum absolute atomic E-state index is 12.4. The molecule has 1 fully saturated rings. The van der Waals surface area contributed by atoms with Crippen molar-refractivity contribution < 1.29 is 9.59 Å². The van der Waals surface area contributed by atoms with E-state index in [2.05, 4.69) is 27.9 Å². The molecule has 2 amide bonds. The summed E-state index contributed by atoms with van der Waals surface area (Å²) in [6.07, 6.45) is 1.49. The molecule has 0 radical (unpaired) electrons. The van der Waals surface area contributed by atoms with Gasteiger partial charge in [0.25, 0.3) is 5.91 Å². The van der Waals surface area contributed by atoms with Crippen molar-refractivity contribution in [3.63, 3.8) is 0 Å². The van der Waals surface area contributed by atoms with Gasteiger partial charge < -0.3 is 10.2 Å². The van der Waals surface area contributed by atoms with Gasteiger partial charge in [-0.1, -0.05) is 6.07 Å². The fraction of sp³-hybridized carbons (Fsp3) is 0.500. The van der Waals surface area contributed by atoms with E-state index in [1.807, 2.05) is 43.0 Å². The zero-order valence-corrected chi connectivity index (χ0v) is 14.6. The van der Waals surface area contributed by atoms with Crippen molar-refractivity contribution in [2.75, 3.05) is 13.1 Å². The molecule has 0 saturated carbocycles. The van der Waals surface area contributed by atoms with Gasteiger partial charge >= 0.3 is 0 Å². The number of nitrogens with one attached hydrogen (secondary N) is 1. The molecule has 1 N–H and O–H groups in total. The Hall–Kier alpha value is -1.11. The number of benzene rings is 1. The average Bonchev–Trinajstić information content (AvgIpc) is 2.46. The summed E-state index contributed by atoms with van der Waals surface area (Å²) in [7, 11) is 0. The largest absolute Gasteiger partial charge is 0.354 e. The van der Waals surface area contributed by atoms with Crippen LogP contribution in [-0.4, -0.2) is 35.8 Å². The molecule has 21 heavy (non-hydrogen) atoms. The number of carbonyl (C=O) groups is 2. The molecule has 1 aliphatic heterocycles. The van der Waals surface area contributed by atoms with E-state index in [1.165, 1.54) is 0 Å². The number of rotatable bonds is 3. The number of carbonyl (C=O) groups excluding carboxylic acids is 2. The van der Waals surface area contributed by atoms with Crippen molar-refractivity contribution >= 4 is 34.4 Å². The van der Waals surface area contributed by atoms with Crippen LogP contribution in [0, 0.1) is 9.49 Å². The minimum atomic E-state index is 0.0346. The first-order valence-corrected chi connectivity index (χ1v) is 8.40. The van der Waals surface area contributed by atoms with Crippen LogP contribution in [0.25, 0.3) is 0 Å². The molecule has 1 heterocycles. The van der Waals surface area contributed by atoms with Gasteiger partial charge in [0.2, 0.25) is 5.91 Å². The Kier molecular flexibility index (Phi) is 5.61. The van der Waals surface area contributed by atoms with Crippen LogP contribution in [0.15, 0.2) is 24.3 Å². The van der Waals surface area contributed by atoms with Gasteiger partial charge in [-0.25, -0.2) is 0 Å². The second kappa shape index (κ2) is 7.24. The lowest BCUT2D eigenvalue weighted by molar-refractivity contribution is -0.126. The minimum Gasteiger partial charge on any atom is -0.354 e. The van der Waals surface area contributed by atoms with E-state index in [0.29, 0.717) is 13.1 Å². The number of hydrogen-bond acceptors (Lipinski definition) is 2. The molecule has 2 rings (SSSR count). The standard InChI is InChI=1S/C16H21IN2O2/c1-11(2)18-15(20)12-6-8-19(9-7-12)16(21)13-4-3-5-14(17)10-13/h3-5,10-12H,6-9H2,1-2H3,(H,18,20). The number of nitrogens with zero attached hydrogens (tertiary/aromatic N) is 1. The summed E-state index contributed by atoms with van der Waals surface area (Å²) in [5, 5.41) is 2.95. The summed E-state index contributed by atoms with van der Waals surface area (Å²) in [5.74, 6) is 0.218. The van der Waals surface area contributed by atoms with Crippen molar-refractivity contribution in [1.29, 1.82) is 0 Å². The summed E-state index contributed by atoms with van der Waals surface area (Å²) in [4.78, 5) is 26.3. The third-order valence-electron chi connectivity index (χ3n) is 3.66.